The van der Waals surface area contributed by atoms with Crippen molar-refractivity contribution in [3.05, 3.63) is 83.4 Å². The molecular weight excluding hydrogens is 420 g/mol. The Kier molecular flexibility index (Phi) is 9.90. The van der Waals surface area contributed by atoms with E-state index in [2.05, 4.69) is 61.9 Å². The molecule has 4 nitrogen and oxygen atoms in total. The number of aromatic nitrogens is 2. The molecule has 0 unspecified atom stereocenters. The largest absolute Gasteiger partial charge is 0.493 e. The molecule has 0 aliphatic carbocycles. The molecule has 0 radical (unpaired) electrons. The highest BCUT2D eigenvalue weighted by molar-refractivity contribution is 5.78. The molecule has 0 saturated heterocycles. The van der Waals surface area contributed by atoms with Crippen molar-refractivity contribution in [2.45, 2.75) is 40.5 Å². The van der Waals surface area contributed by atoms with Gasteiger partial charge >= 0.3 is 0 Å². The summed E-state index contributed by atoms with van der Waals surface area (Å²) < 4.78 is 12.6. The van der Waals surface area contributed by atoms with Gasteiger partial charge in [-0.05, 0) is 72.5 Å². The van der Waals surface area contributed by atoms with Gasteiger partial charge in [0.25, 0.3) is 0 Å². The minimum Gasteiger partial charge on any atom is -0.493 e. The van der Waals surface area contributed by atoms with E-state index in [-0.39, 0.29) is 0 Å². The minimum atomic E-state index is 0.474. The fraction of sp³-hybridized carbons (Fsp3) is 0.333. The van der Waals surface area contributed by atoms with E-state index in [1.807, 2.05) is 48.6 Å². The first-order valence-electron chi connectivity index (χ1n) is 12.2. The Bertz CT molecular complexity index is 975. The lowest BCUT2D eigenvalue weighted by atomic mass is 10.1. The molecule has 0 spiro atoms. The van der Waals surface area contributed by atoms with Crippen molar-refractivity contribution in [2.75, 3.05) is 13.2 Å². The average Bonchev–Trinajstić information content (AvgIpc) is 2.89. The average molecular weight is 457 g/mol. The van der Waals surface area contributed by atoms with Gasteiger partial charge in [-0.1, -0.05) is 52.7 Å². The third-order valence-electron chi connectivity index (χ3n) is 5.83. The van der Waals surface area contributed by atoms with Gasteiger partial charge in [0.2, 0.25) is 0 Å². The van der Waals surface area contributed by atoms with Gasteiger partial charge in [0.15, 0.2) is 0 Å². The minimum absolute atomic E-state index is 0.474. The summed E-state index contributed by atoms with van der Waals surface area (Å²) in [5, 5.41) is 0. The van der Waals surface area contributed by atoms with Gasteiger partial charge < -0.3 is 9.47 Å². The number of ether oxygens (including phenoxy) is 2. The quantitative estimate of drug-likeness (QED) is 0.280. The Morgan fingerprint density at radius 2 is 1.12 bits per heavy atom. The van der Waals surface area contributed by atoms with Gasteiger partial charge in [0, 0.05) is 23.5 Å². The Hall–Kier alpha value is -3.40. The van der Waals surface area contributed by atoms with Crippen LogP contribution in [0.1, 0.15) is 63.1 Å². The molecular formula is C30H36N2O2. The van der Waals surface area contributed by atoms with Gasteiger partial charge in [0.05, 0.1) is 24.6 Å². The second-order valence-electron chi connectivity index (χ2n) is 8.75. The van der Waals surface area contributed by atoms with Crippen LogP contribution in [-0.2, 0) is 0 Å². The zero-order valence-corrected chi connectivity index (χ0v) is 20.8. The van der Waals surface area contributed by atoms with Gasteiger partial charge in [-0.25, -0.2) is 0 Å². The molecule has 2 aromatic heterocycles. The number of hydrogen-bond acceptors (Lipinski definition) is 4. The van der Waals surface area contributed by atoms with Crippen LogP contribution in [-0.4, -0.2) is 23.2 Å². The monoisotopic (exact) mass is 456 g/mol. The van der Waals surface area contributed by atoms with Crippen LogP contribution in [0.15, 0.2) is 60.9 Å². The van der Waals surface area contributed by atoms with E-state index in [1.54, 1.807) is 12.4 Å². The van der Waals surface area contributed by atoms with Crippen LogP contribution in [0, 0.1) is 11.8 Å². The van der Waals surface area contributed by atoms with Crippen LogP contribution < -0.4 is 9.47 Å². The lowest BCUT2D eigenvalue weighted by Gasteiger charge is -2.18. The number of hydrogen-bond donors (Lipinski definition) is 0. The molecule has 0 bridgehead atoms. The van der Waals surface area contributed by atoms with E-state index in [1.165, 1.54) is 0 Å². The fourth-order valence-corrected chi connectivity index (χ4v) is 3.10. The summed E-state index contributed by atoms with van der Waals surface area (Å²) in [4.78, 5) is 8.82. The summed E-state index contributed by atoms with van der Waals surface area (Å²) in [7, 11) is 0. The van der Waals surface area contributed by atoms with Crippen LogP contribution >= 0.6 is 0 Å². The van der Waals surface area contributed by atoms with Crippen LogP contribution in [0.2, 0.25) is 0 Å². The molecule has 4 heteroatoms. The molecule has 2 heterocycles. The van der Waals surface area contributed by atoms with Crippen LogP contribution in [0.5, 0.6) is 11.5 Å². The highest BCUT2D eigenvalue weighted by atomic mass is 16.5. The maximum absolute atomic E-state index is 6.30. The Balaban J connectivity index is 2.00. The third kappa shape index (κ3) is 7.87. The topological polar surface area (TPSA) is 44.2 Å². The fourth-order valence-electron chi connectivity index (χ4n) is 3.10. The van der Waals surface area contributed by atoms with Gasteiger partial charge in [0.1, 0.15) is 11.5 Å². The zero-order chi connectivity index (χ0) is 24.2. The van der Waals surface area contributed by atoms with Gasteiger partial charge in [-0.15, -0.1) is 0 Å². The zero-order valence-electron chi connectivity index (χ0n) is 20.8. The molecule has 3 aromatic rings. The van der Waals surface area contributed by atoms with Crippen molar-refractivity contribution < 1.29 is 9.47 Å². The molecule has 34 heavy (non-hydrogen) atoms. The number of pyridine rings is 2. The molecule has 2 atom stereocenters. The van der Waals surface area contributed by atoms with Crippen molar-refractivity contribution in [1.29, 1.82) is 0 Å². The summed E-state index contributed by atoms with van der Waals surface area (Å²) in [6.45, 7) is 10.1. The Labute approximate surface area is 204 Å². The summed E-state index contributed by atoms with van der Waals surface area (Å²) in [5.74, 6) is 2.62. The second kappa shape index (κ2) is 13.3. The molecule has 0 fully saturated rings. The van der Waals surface area contributed by atoms with Gasteiger partial charge in [-0.3, -0.25) is 9.97 Å². The first kappa shape index (κ1) is 25.2. The van der Waals surface area contributed by atoms with Crippen molar-refractivity contribution in [1.82, 2.24) is 9.97 Å². The van der Waals surface area contributed by atoms with E-state index in [4.69, 9.17) is 9.47 Å². The third-order valence-corrected chi connectivity index (χ3v) is 5.83. The second-order valence-corrected chi connectivity index (χ2v) is 8.75. The lowest BCUT2D eigenvalue weighted by Crippen LogP contribution is -2.10. The molecule has 0 N–H and O–H groups in total. The molecule has 0 saturated carbocycles. The SMILES string of the molecule is CC[C@@H](C)COc1cc(/C=C/c2ccccn2)c(OC[C@@H](C)CC)cc1/C=C/c1ccccn1. The number of rotatable bonds is 12. The van der Waals surface area contributed by atoms with Crippen molar-refractivity contribution in [3.8, 4) is 11.5 Å². The molecule has 0 amide bonds. The molecule has 0 aliphatic heterocycles. The molecule has 1 aromatic carbocycles. The van der Waals surface area contributed by atoms with E-state index in [9.17, 15) is 0 Å². The molecule has 0 aliphatic rings. The lowest BCUT2D eigenvalue weighted by molar-refractivity contribution is 0.249. The van der Waals surface area contributed by atoms with Gasteiger partial charge in [-0.2, -0.15) is 0 Å². The number of nitrogens with zero attached hydrogens (tertiary/aromatic N) is 2. The summed E-state index contributed by atoms with van der Waals surface area (Å²) in [6.07, 6.45) is 13.9. The number of benzene rings is 1. The Morgan fingerprint density at radius 3 is 1.47 bits per heavy atom. The van der Waals surface area contributed by atoms with E-state index in [0.29, 0.717) is 25.0 Å². The summed E-state index contributed by atoms with van der Waals surface area (Å²) in [6, 6.07) is 15.9. The van der Waals surface area contributed by atoms with E-state index in [0.717, 1.165) is 46.9 Å². The smallest absolute Gasteiger partial charge is 0.127 e. The maximum atomic E-state index is 6.30. The predicted molar refractivity (Wildman–Crippen MR) is 143 cm³/mol. The standard InChI is InChI=1S/C30H36N2O2/c1-5-23(3)21-33-29-19-26(14-16-28-12-8-10-18-32-28)30(34-22-24(4)6-2)20-25(29)13-15-27-11-7-9-17-31-27/h7-20,23-24H,5-6,21-22H2,1-4H3/b15-13+,16-14+/t23-,24+. The van der Waals surface area contributed by atoms with Crippen molar-refractivity contribution >= 4 is 24.3 Å². The van der Waals surface area contributed by atoms with Crippen molar-refractivity contribution in [3.63, 3.8) is 0 Å². The molecule has 3 rings (SSSR count). The van der Waals surface area contributed by atoms with E-state index >= 15 is 0 Å². The predicted octanol–water partition coefficient (Wildman–Crippen LogP) is 7.67. The first-order chi connectivity index (χ1) is 16.6. The van der Waals surface area contributed by atoms with Crippen LogP contribution in [0.25, 0.3) is 24.3 Å². The van der Waals surface area contributed by atoms with Crippen LogP contribution in [0.3, 0.4) is 0 Å². The normalized spacial score (nSPS) is 13.3. The van der Waals surface area contributed by atoms with Crippen molar-refractivity contribution in [2.24, 2.45) is 11.8 Å². The highest BCUT2D eigenvalue weighted by Crippen LogP contribution is 2.33. The molecule has 178 valence electrons. The summed E-state index contributed by atoms with van der Waals surface area (Å²) in [5.41, 5.74) is 3.75. The highest BCUT2D eigenvalue weighted by Gasteiger charge is 2.12. The Morgan fingerprint density at radius 1 is 0.676 bits per heavy atom. The van der Waals surface area contributed by atoms with Crippen LogP contribution in [0.4, 0.5) is 0 Å². The maximum Gasteiger partial charge on any atom is 0.127 e. The first-order valence-corrected chi connectivity index (χ1v) is 12.2. The van der Waals surface area contributed by atoms with E-state index < -0.39 is 0 Å². The summed E-state index contributed by atoms with van der Waals surface area (Å²) >= 11 is 0.